The summed E-state index contributed by atoms with van der Waals surface area (Å²) in [5.41, 5.74) is 1.67. The van der Waals surface area contributed by atoms with Crippen molar-refractivity contribution >= 4 is 21.4 Å². The van der Waals surface area contributed by atoms with Gasteiger partial charge in [-0.15, -0.1) is 0 Å². The highest BCUT2D eigenvalue weighted by molar-refractivity contribution is 7.92. The Morgan fingerprint density at radius 1 is 1.04 bits per heavy atom. The molecule has 0 amide bonds. The lowest BCUT2D eigenvalue weighted by atomic mass is 10.00. The summed E-state index contributed by atoms with van der Waals surface area (Å²) < 4.78 is 39.0. The zero-order valence-electron chi connectivity index (χ0n) is 15.3. The number of anilines is 2. The van der Waals surface area contributed by atoms with Crippen molar-refractivity contribution < 1.29 is 17.9 Å². The molecular formula is C20H24N2O4S. The maximum Gasteiger partial charge on any atom is 0.262 e. The quantitative estimate of drug-likeness (QED) is 0.868. The number of rotatable bonds is 4. The van der Waals surface area contributed by atoms with Gasteiger partial charge in [-0.2, -0.15) is 0 Å². The van der Waals surface area contributed by atoms with E-state index in [1.165, 1.54) is 25.0 Å². The minimum absolute atomic E-state index is 0.153. The summed E-state index contributed by atoms with van der Waals surface area (Å²) >= 11 is 0. The van der Waals surface area contributed by atoms with Gasteiger partial charge in [0.25, 0.3) is 10.0 Å². The van der Waals surface area contributed by atoms with E-state index in [-0.39, 0.29) is 4.90 Å². The van der Waals surface area contributed by atoms with Crippen LogP contribution in [-0.4, -0.2) is 34.7 Å². The van der Waals surface area contributed by atoms with E-state index in [2.05, 4.69) is 16.5 Å². The topological polar surface area (TPSA) is 67.9 Å². The Morgan fingerprint density at radius 3 is 2.52 bits per heavy atom. The molecule has 7 heteroatoms. The first-order chi connectivity index (χ1) is 13.0. The lowest BCUT2D eigenvalue weighted by molar-refractivity contribution is 0.171. The zero-order valence-corrected chi connectivity index (χ0v) is 16.2. The largest absolute Gasteiger partial charge is 0.486 e. The van der Waals surface area contributed by atoms with Crippen molar-refractivity contribution in [3.63, 3.8) is 0 Å². The van der Waals surface area contributed by atoms with Gasteiger partial charge in [0, 0.05) is 30.5 Å². The molecule has 144 valence electrons. The average Bonchev–Trinajstić information content (AvgIpc) is 2.68. The van der Waals surface area contributed by atoms with Crippen molar-refractivity contribution in [3.8, 4) is 11.5 Å². The lowest BCUT2D eigenvalue weighted by Crippen LogP contribution is -2.34. The van der Waals surface area contributed by atoms with Crippen molar-refractivity contribution in [2.24, 2.45) is 5.92 Å². The van der Waals surface area contributed by atoms with Crippen LogP contribution in [0.1, 0.15) is 19.8 Å². The van der Waals surface area contributed by atoms with Crippen LogP contribution in [0.2, 0.25) is 0 Å². The molecule has 1 fully saturated rings. The van der Waals surface area contributed by atoms with Gasteiger partial charge in [-0.25, -0.2) is 8.42 Å². The SMILES string of the molecule is CC1CCCN(c2ccc(NS(=O)(=O)c3ccc4c(c3)OCCO4)cc2)C1. The Labute approximate surface area is 160 Å². The van der Waals surface area contributed by atoms with E-state index in [1.54, 1.807) is 6.07 Å². The number of piperidine rings is 1. The molecule has 2 heterocycles. The summed E-state index contributed by atoms with van der Waals surface area (Å²) in [5.74, 6) is 1.71. The molecule has 1 unspecified atom stereocenters. The number of hydrogen-bond donors (Lipinski definition) is 1. The number of benzene rings is 2. The fraction of sp³-hybridized carbons (Fsp3) is 0.400. The van der Waals surface area contributed by atoms with Crippen LogP contribution < -0.4 is 19.1 Å². The first-order valence-electron chi connectivity index (χ1n) is 9.29. The minimum Gasteiger partial charge on any atom is -0.486 e. The fourth-order valence-electron chi connectivity index (χ4n) is 3.57. The van der Waals surface area contributed by atoms with Gasteiger partial charge in [0.05, 0.1) is 4.90 Å². The molecule has 6 nitrogen and oxygen atoms in total. The molecule has 0 saturated carbocycles. The van der Waals surface area contributed by atoms with Gasteiger partial charge in [-0.05, 0) is 55.2 Å². The average molecular weight is 388 g/mol. The third-order valence-corrected chi connectivity index (χ3v) is 6.34. The van der Waals surface area contributed by atoms with Gasteiger partial charge in [-0.3, -0.25) is 4.72 Å². The molecule has 2 aliphatic heterocycles. The molecule has 0 spiro atoms. The lowest BCUT2D eigenvalue weighted by Gasteiger charge is -2.32. The molecule has 27 heavy (non-hydrogen) atoms. The van der Waals surface area contributed by atoms with E-state index >= 15 is 0 Å². The third-order valence-electron chi connectivity index (χ3n) is 4.97. The predicted octanol–water partition coefficient (Wildman–Crippen LogP) is 3.49. The van der Waals surface area contributed by atoms with Gasteiger partial charge < -0.3 is 14.4 Å². The van der Waals surface area contributed by atoms with E-state index in [1.807, 2.05) is 24.3 Å². The van der Waals surface area contributed by atoms with Gasteiger partial charge in [0.15, 0.2) is 11.5 Å². The minimum atomic E-state index is -3.69. The Kier molecular flexibility index (Phi) is 4.86. The van der Waals surface area contributed by atoms with Crippen LogP contribution in [0.15, 0.2) is 47.4 Å². The van der Waals surface area contributed by atoms with Crippen LogP contribution in [-0.2, 0) is 10.0 Å². The molecule has 0 bridgehead atoms. The summed E-state index contributed by atoms with van der Waals surface area (Å²) in [6.45, 7) is 5.25. The van der Waals surface area contributed by atoms with E-state index in [0.717, 1.165) is 18.8 Å². The molecule has 2 aromatic carbocycles. The molecular weight excluding hydrogens is 364 g/mol. The second kappa shape index (κ2) is 7.31. The summed E-state index contributed by atoms with van der Waals surface area (Å²) in [5, 5.41) is 0. The number of fused-ring (bicyclic) bond motifs is 1. The number of hydrogen-bond acceptors (Lipinski definition) is 5. The highest BCUT2D eigenvalue weighted by Gasteiger charge is 2.20. The van der Waals surface area contributed by atoms with Crippen molar-refractivity contribution in [3.05, 3.63) is 42.5 Å². The number of nitrogens with zero attached hydrogens (tertiary/aromatic N) is 1. The van der Waals surface area contributed by atoms with E-state index in [4.69, 9.17) is 9.47 Å². The monoisotopic (exact) mass is 388 g/mol. The van der Waals surface area contributed by atoms with Crippen LogP contribution in [0.5, 0.6) is 11.5 Å². The van der Waals surface area contributed by atoms with E-state index in [0.29, 0.717) is 36.3 Å². The molecule has 0 aliphatic carbocycles. The van der Waals surface area contributed by atoms with Crippen LogP contribution in [0, 0.1) is 5.92 Å². The predicted molar refractivity (Wildman–Crippen MR) is 105 cm³/mol. The van der Waals surface area contributed by atoms with Crippen molar-refractivity contribution in [1.82, 2.24) is 0 Å². The van der Waals surface area contributed by atoms with Crippen LogP contribution >= 0.6 is 0 Å². The second-order valence-electron chi connectivity index (χ2n) is 7.15. The number of ether oxygens (including phenoxy) is 2. The summed E-state index contributed by atoms with van der Waals surface area (Å²) in [6.07, 6.45) is 2.46. The first-order valence-corrected chi connectivity index (χ1v) is 10.8. The highest BCUT2D eigenvalue weighted by atomic mass is 32.2. The van der Waals surface area contributed by atoms with Crippen molar-refractivity contribution in [2.45, 2.75) is 24.7 Å². The maximum absolute atomic E-state index is 12.7. The molecule has 2 aliphatic rings. The van der Waals surface area contributed by atoms with Crippen LogP contribution in [0.4, 0.5) is 11.4 Å². The van der Waals surface area contributed by atoms with Crippen molar-refractivity contribution in [2.75, 3.05) is 35.9 Å². The summed E-state index contributed by atoms with van der Waals surface area (Å²) in [4.78, 5) is 2.51. The molecule has 1 atom stereocenters. The normalized spacial score (nSPS) is 19.6. The van der Waals surface area contributed by atoms with E-state index < -0.39 is 10.0 Å². The second-order valence-corrected chi connectivity index (χ2v) is 8.83. The Bertz CT molecular complexity index is 912. The van der Waals surface area contributed by atoms with Gasteiger partial charge in [-0.1, -0.05) is 6.92 Å². The first kappa shape index (κ1) is 18.0. The van der Waals surface area contributed by atoms with Gasteiger partial charge in [0.1, 0.15) is 13.2 Å². The third kappa shape index (κ3) is 3.98. The highest BCUT2D eigenvalue weighted by Crippen LogP contribution is 2.33. The summed E-state index contributed by atoms with van der Waals surface area (Å²) in [6, 6.07) is 12.2. The number of nitrogens with one attached hydrogen (secondary N) is 1. The fourth-order valence-corrected chi connectivity index (χ4v) is 4.64. The maximum atomic E-state index is 12.7. The smallest absolute Gasteiger partial charge is 0.262 e. The van der Waals surface area contributed by atoms with Crippen LogP contribution in [0.3, 0.4) is 0 Å². The van der Waals surface area contributed by atoms with E-state index in [9.17, 15) is 8.42 Å². The van der Waals surface area contributed by atoms with Crippen LogP contribution in [0.25, 0.3) is 0 Å². The van der Waals surface area contributed by atoms with Gasteiger partial charge >= 0.3 is 0 Å². The molecule has 0 aromatic heterocycles. The van der Waals surface area contributed by atoms with Crippen molar-refractivity contribution in [1.29, 1.82) is 0 Å². The molecule has 4 rings (SSSR count). The summed E-state index contributed by atoms with van der Waals surface area (Å²) in [7, 11) is -3.69. The van der Waals surface area contributed by atoms with Gasteiger partial charge in [0.2, 0.25) is 0 Å². The Hall–Kier alpha value is -2.41. The Morgan fingerprint density at radius 2 is 1.78 bits per heavy atom. The Balaban J connectivity index is 1.49. The zero-order chi connectivity index (χ0) is 18.9. The molecule has 1 saturated heterocycles. The molecule has 2 aromatic rings. The standard InChI is InChI=1S/C20H24N2O4S/c1-15-3-2-10-22(14-15)17-6-4-16(5-7-17)21-27(23,24)18-8-9-19-20(13-18)26-12-11-25-19/h4-9,13,15,21H,2-3,10-12,14H2,1H3. The molecule has 0 radical (unpaired) electrons. The number of sulfonamides is 1. The molecule has 1 N–H and O–H groups in total.